The molecule has 0 spiro atoms. The first-order valence-corrected chi connectivity index (χ1v) is 7.63. The predicted molar refractivity (Wildman–Crippen MR) is 90.5 cm³/mol. The molecule has 0 radical (unpaired) electrons. The van der Waals surface area contributed by atoms with E-state index in [1.54, 1.807) is 0 Å². The molecular formula is C19H20N2O. The van der Waals surface area contributed by atoms with Gasteiger partial charge in [0.1, 0.15) is 0 Å². The van der Waals surface area contributed by atoms with E-state index in [0.717, 1.165) is 25.2 Å². The van der Waals surface area contributed by atoms with E-state index < -0.39 is 0 Å². The molecule has 1 amide bonds. The molecule has 1 aliphatic heterocycles. The van der Waals surface area contributed by atoms with Crippen molar-refractivity contribution in [3.63, 3.8) is 0 Å². The molecule has 22 heavy (non-hydrogen) atoms. The number of carbonyl (C=O) groups is 1. The molecular weight excluding hydrogens is 272 g/mol. The molecule has 1 N–H and O–H groups in total. The fraction of sp³-hybridized carbons (Fsp3) is 0.211. The zero-order valence-electron chi connectivity index (χ0n) is 12.5. The van der Waals surface area contributed by atoms with Crippen LogP contribution in [0, 0.1) is 0 Å². The Morgan fingerprint density at radius 1 is 1.00 bits per heavy atom. The molecule has 0 bridgehead atoms. The summed E-state index contributed by atoms with van der Waals surface area (Å²) < 4.78 is 0. The molecule has 3 nitrogen and oxygen atoms in total. The maximum Gasteiger partial charge on any atom is 0.238 e. The Bertz CT molecular complexity index is 650. The van der Waals surface area contributed by atoms with E-state index in [9.17, 15) is 4.79 Å². The van der Waals surface area contributed by atoms with Gasteiger partial charge in [0.05, 0.1) is 6.54 Å². The maximum atomic E-state index is 12.1. The lowest BCUT2D eigenvalue weighted by molar-refractivity contribution is -0.117. The van der Waals surface area contributed by atoms with Crippen molar-refractivity contribution in [2.45, 2.75) is 6.42 Å². The minimum Gasteiger partial charge on any atom is -0.325 e. The van der Waals surface area contributed by atoms with Crippen molar-refractivity contribution in [1.82, 2.24) is 4.90 Å². The van der Waals surface area contributed by atoms with Crippen molar-refractivity contribution >= 4 is 17.2 Å². The Morgan fingerprint density at radius 3 is 2.32 bits per heavy atom. The van der Waals surface area contributed by atoms with E-state index in [0.29, 0.717) is 6.54 Å². The van der Waals surface area contributed by atoms with Crippen molar-refractivity contribution < 1.29 is 4.79 Å². The summed E-state index contributed by atoms with van der Waals surface area (Å²) in [5, 5.41) is 2.93. The Kier molecular flexibility index (Phi) is 4.66. The van der Waals surface area contributed by atoms with E-state index >= 15 is 0 Å². The summed E-state index contributed by atoms with van der Waals surface area (Å²) in [5.41, 5.74) is 3.52. The minimum absolute atomic E-state index is 0.0442. The van der Waals surface area contributed by atoms with Gasteiger partial charge in [-0.2, -0.15) is 0 Å². The summed E-state index contributed by atoms with van der Waals surface area (Å²) in [6, 6.07) is 20.0. The molecule has 0 aromatic heterocycles. The number of amides is 1. The van der Waals surface area contributed by atoms with Crippen molar-refractivity contribution in [1.29, 1.82) is 0 Å². The second-order valence-corrected chi connectivity index (χ2v) is 5.49. The highest BCUT2D eigenvalue weighted by molar-refractivity contribution is 5.92. The Balaban J connectivity index is 1.53. The summed E-state index contributed by atoms with van der Waals surface area (Å²) in [6.45, 7) is 2.18. The van der Waals surface area contributed by atoms with Gasteiger partial charge in [0.2, 0.25) is 5.91 Å². The SMILES string of the molecule is O=C(CN1CC=C(c2ccccc2)CC1)Nc1ccccc1. The second-order valence-electron chi connectivity index (χ2n) is 5.49. The third-order valence-corrected chi connectivity index (χ3v) is 3.86. The molecule has 0 atom stereocenters. The average Bonchev–Trinajstić information content (AvgIpc) is 2.57. The number of nitrogens with zero attached hydrogens (tertiary/aromatic N) is 1. The topological polar surface area (TPSA) is 32.3 Å². The number of nitrogens with one attached hydrogen (secondary N) is 1. The fourth-order valence-corrected chi connectivity index (χ4v) is 2.69. The summed E-state index contributed by atoms with van der Waals surface area (Å²) >= 11 is 0. The van der Waals surface area contributed by atoms with E-state index in [1.165, 1.54) is 11.1 Å². The van der Waals surface area contributed by atoms with E-state index in [1.807, 2.05) is 36.4 Å². The van der Waals surface area contributed by atoms with Crippen molar-refractivity contribution in [3.8, 4) is 0 Å². The van der Waals surface area contributed by atoms with E-state index in [4.69, 9.17) is 0 Å². The standard InChI is InChI=1S/C19H20N2O/c22-19(20-18-9-5-2-6-10-18)15-21-13-11-17(12-14-21)16-7-3-1-4-8-16/h1-11H,12-15H2,(H,20,22). The Morgan fingerprint density at radius 2 is 1.68 bits per heavy atom. The molecule has 1 heterocycles. The largest absolute Gasteiger partial charge is 0.325 e. The molecule has 0 aliphatic carbocycles. The zero-order valence-corrected chi connectivity index (χ0v) is 12.5. The normalized spacial score (nSPS) is 15.2. The van der Waals surface area contributed by atoms with E-state index in [-0.39, 0.29) is 5.91 Å². The first-order valence-electron chi connectivity index (χ1n) is 7.63. The second kappa shape index (κ2) is 7.05. The average molecular weight is 292 g/mol. The van der Waals surface area contributed by atoms with Gasteiger partial charge in [0.15, 0.2) is 0 Å². The lowest BCUT2D eigenvalue weighted by Gasteiger charge is -2.25. The van der Waals surface area contributed by atoms with Gasteiger partial charge in [0, 0.05) is 18.8 Å². The zero-order chi connectivity index (χ0) is 15.2. The van der Waals surface area contributed by atoms with Gasteiger partial charge in [-0.3, -0.25) is 9.69 Å². The van der Waals surface area contributed by atoms with Crippen LogP contribution in [0.15, 0.2) is 66.7 Å². The molecule has 3 rings (SSSR count). The molecule has 0 fully saturated rings. The molecule has 0 saturated heterocycles. The molecule has 3 heteroatoms. The first kappa shape index (κ1) is 14.5. The molecule has 1 aliphatic rings. The number of benzene rings is 2. The first-order chi connectivity index (χ1) is 10.8. The summed E-state index contributed by atoms with van der Waals surface area (Å²) in [5.74, 6) is 0.0442. The fourth-order valence-electron chi connectivity index (χ4n) is 2.69. The Labute approximate surface area is 131 Å². The summed E-state index contributed by atoms with van der Waals surface area (Å²) in [6.07, 6.45) is 3.22. The van der Waals surface area contributed by atoms with Crippen molar-refractivity contribution in [3.05, 3.63) is 72.3 Å². The Hall–Kier alpha value is -2.39. The number of rotatable bonds is 4. The van der Waals surface area contributed by atoms with Crippen LogP contribution >= 0.6 is 0 Å². The smallest absolute Gasteiger partial charge is 0.238 e. The molecule has 2 aromatic carbocycles. The van der Waals surface area contributed by atoms with Gasteiger partial charge in [-0.1, -0.05) is 54.6 Å². The van der Waals surface area contributed by atoms with Crippen LogP contribution < -0.4 is 5.32 Å². The summed E-state index contributed by atoms with van der Waals surface area (Å²) in [7, 11) is 0. The van der Waals surface area contributed by atoms with Crippen LogP contribution in [-0.4, -0.2) is 30.4 Å². The number of para-hydroxylation sites is 1. The van der Waals surface area contributed by atoms with Crippen LogP contribution in [0.3, 0.4) is 0 Å². The van der Waals surface area contributed by atoms with Gasteiger partial charge in [0.25, 0.3) is 0 Å². The van der Waals surface area contributed by atoms with Crippen LogP contribution in [0.5, 0.6) is 0 Å². The van der Waals surface area contributed by atoms with Crippen LogP contribution in [0.1, 0.15) is 12.0 Å². The van der Waals surface area contributed by atoms with Crippen LogP contribution in [0.2, 0.25) is 0 Å². The van der Waals surface area contributed by atoms with Gasteiger partial charge < -0.3 is 5.32 Å². The van der Waals surface area contributed by atoms with Crippen molar-refractivity contribution in [2.24, 2.45) is 0 Å². The number of anilines is 1. The lowest BCUT2D eigenvalue weighted by atomic mass is 10.00. The predicted octanol–water partition coefficient (Wildman–Crippen LogP) is 3.41. The van der Waals surface area contributed by atoms with Gasteiger partial charge in [-0.05, 0) is 29.7 Å². The molecule has 112 valence electrons. The maximum absolute atomic E-state index is 12.1. The number of carbonyl (C=O) groups excluding carboxylic acids is 1. The van der Waals surface area contributed by atoms with Crippen LogP contribution in [-0.2, 0) is 4.79 Å². The van der Waals surface area contributed by atoms with Crippen molar-refractivity contribution in [2.75, 3.05) is 25.0 Å². The molecule has 0 unspecified atom stereocenters. The van der Waals surface area contributed by atoms with Crippen LogP contribution in [0.25, 0.3) is 5.57 Å². The minimum atomic E-state index is 0.0442. The lowest BCUT2D eigenvalue weighted by Crippen LogP contribution is -2.36. The van der Waals surface area contributed by atoms with Gasteiger partial charge >= 0.3 is 0 Å². The van der Waals surface area contributed by atoms with Gasteiger partial charge in [-0.25, -0.2) is 0 Å². The molecule has 2 aromatic rings. The monoisotopic (exact) mass is 292 g/mol. The van der Waals surface area contributed by atoms with Gasteiger partial charge in [-0.15, -0.1) is 0 Å². The third kappa shape index (κ3) is 3.83. The highest BCUT2D eigenvalue weighted by Crippen LogP contribution is 2.21. The highest BCUT2D eigenvalue weighted by Gasteiger charge is 2.15. The van der Waals surface area contributed by atoms with Crippen LogP contribution in [0.4, 0.5) is 5.69 Å². The summed E-state index contributed by atoms with van der Waals surface area (Å²) in [4.78, 5) is 14.2. The quantitative estimate of drug-likeness (QED) is 0.936. The number of hydrogen-bond donors (Lipinski definition) is 1. The highest BCUT2D eigenvalue weighted by atomic mass is 16.2. The molecule has 0 saturated carbocycles. The number of hydrogen-bond acceptors (Lipinski definition) is 2. The third-order valence-electron chi connectivity index (χ3n) is 3.86. The van der Waals surface area contributed by atoms with E-state index in [2.05, 4.69) is 40.6 Å².